The number of likely N-dealkylation sites (tertiary alicyclic amines) is 1. The molecule has 11 nitrogen and oxygen atoms in total. The number of benzene rings is 2. The third kappa shape index (κ3) is 5.37. The van der Waals surface area contributed by atoms with Crippen LogP contribution in [0.3, 0.4) is 0 Å². The van der Waals surface area contributed by atoms with Crippen LogP contribution in [-0.2, 0) is 19.1 Å². The summed E-state index contributed by atoms with van der Waals surface area (Å²) in [4.78, 5) is 39.6. The van der Waals surface area contributed by atoms with Crippen molar-refractivity contribution in [3.05, 3.63) is 78.0 Å². The molecule has 12 heteroatoms. The number of amides is 2. The van der Waals surface area contributed by atoms with Gasteiger partial charge in [-0.2, -0.15) is 5.10 Å². The van der Waals surface area contributed by atoms with Gasteiger partial charge in [-0.15, -0.1) is 0 Å². The Labute approximate surface area is 277 Å². The van der Waals surface area contributed by atoms with E-state index in [0.717, 1.165) is 53.9 Å². The van der Waals surface area contributed by atoms with E-state index >= 15 is 4.39 Å². The van der Waals surface area contributed by atoms with Crippen molar-refractivity contribution in [1.82, 2.24) is 30.0 Å². The maximum Gasteiger partial charge on any atom is 0.237 e. The van der Waals surface area contributed by atoms with Gasteiger partial charge in [-0.25, -0.2) is 14.4 Å². The first-order valence-electron chi connectivity index (χ1n) is 16.6. The average molecular weight is 652 g/mol. The van der Waals surface area contributed by atoms with Crippen LogP contribution in [0.25, 0.3) is 27.9 Å². The number of carbonyl (C=O) groups is 2. The van der Waals surface area contributed by atoms with Crippen molar-refractivity contribution in [3.8, 4) is 11.4 Å². The molecule has 0 spiro atoms. The number of hydrogen-bond acceptors (Lipinski definition) is 8. The number of H-pyrrole nitrogens is 1. The standard InChI is InChI=1S/C36H38FN7O4/c1-47-33-32-36(33,35(46)40-25-4-6-29-27(20-25)31(42-41-29)23-9-17-48-18-10-23)11-16-44(32)21-30(45)43-14-7-22(8-15-43)26-5-3-24(19-28(26)37)34-38-12-2-13-39-34/h2-7,12-13,19-20,23,32-33H,8-11,14-18,21H2,1H3,(H,40,46)(H,41,42)/t32?,33?,36-/m1/s1. The van der Waals surface area contributed by atoms with E-state index in [1.54, 1.807) is 36.5 Å². The van der Waals surface area contributed by atoms with Gasteiger partial charge < -0.3 is 19.7 Å². The van der Waals surface area contributed by atoms with Crippen LogP contribution >= 0.6 is 0 Å². The van der Waals surface area contributed by atoms with Crippen molar-refractivity contribution >= 4 is 34.0 Å². The molecule has 2 unspecified atom stereocenters. The van der Waals surface area contributed by atoms with E-state index in [1.165, 1.54) is 6.07 Å². The highest BCUT2D eigenvalue weighted by Crippen LogP contribution is 2.59. The minimum atomic E-state index is -0.701. The number of rotatable bonds is 8. The summed E-state index contributed by atoms with van der Waals surface area (Å²) in [6.07, 6.45) is 7.96. The van der Waals surface area contributed by atoms with E-state index in [2.05, 4.69) is 30.4 Å². The molecule has 0 radical (unpaired) electrons. The lowest BCUT2D eigenvalue weighted by atomic mass is 9.94. The molecule has 2 amide bonds. The molecule has 4 aliphatic rings. The summed E-state index contributed by atoms with van der Waals surface area (Å²) < 4.78 is 26.5. The highest BCUT2D eigenvalue weighted by Gasteiger charge is 2.75. The summed E-state index contributed by atoms with van der Waals surface area (Å²) >= 11 is 0. The van der Waals surface area contributed by atoms with Crippen LogP contribution in [-0.4, -0.2) is 100 Å². The van der Waals surface area contributed by atoms with E-state index in [1.807, 2.05) is 30.3 Å². The zero-order valence-corrected chi connectivity index (χ0v) is 26.8. The summed E-state index contributed by atoms with van der Waals surface area (Å²) in [6, 6.07) is 12.4. The number of aromatic amines is 1. The number of carbonyl (C=O) groups excluding carboxylic acids is 2. The molecule has 2 N–H and O–H groups in total. The van der Waals surface area contributed by atoms with Gasteiger partial charge in [-0.05, 0) is 61.6 Å². The van der Waals surface area contributed by atoms with Crippen LogP contribution < -0.4 is 5.32 Å². The topological polar surface area (TPSA) is 126 Å². The Morgan fingerprint density at radius 3 is 2.71 bits per heavy atom. The fourth-order valence-corrected chi connectivity index (χ4v) is 7.98. The molecule has 48 heavy (non-hydrogen) atoms. The fraction of sp³-hybridized carbons (Fsp3) is 0.417. The SMILES string of the molecule is COC1C2N(CC(=O)N3CC=C(c4ccc(-c5ncccn5)cc4F)CC3)CC[C@]12C(=O)Nc1ccc2n[nH]c(C3CCOCC3)c2c1. The molecule has 0 bridgehead atoms. The monoisotopic (exact) mass is 651 g/mol. The van der Waals surface area contributed by atoms with Crippen LogP contribution in [0.4, 0.5) is 10.1 Å². The van der Waals surface area contributed by atoms with E-state index in [0.29, 0.717) is 55.3 Å². The Morgan fingerprint density at radius 2 is 1.96 bits per heavy atom. The molecule has 5 heterocycles. The number of fused-ring (bicyclic) bond motifs is 2. The van der Waals surface area contributed by atoms with E-state index in [9.17, 15) is 9.59 Å². The zero-order valence-electron chi connectivity index (χ0n) is 26.8. The van der Waals surface area contributed by atoms with Gasteiger partial charge in [0.05, 0.1) is 29.6 Å². The molecular formula is C36H38FN7O4. The first-order chi connectivity index (χ1) is 23.5. The van der Waals surface area contributed by atoms with Crippen LogP contribution in [0.1, 0.15) is 42.9 Å². The van der Waals surface area contributed by atoms with Crippen LogP contribution in [0, 0.1) is 11.2 Å². The summed E-state index contributed by atoms with van der Waals surface area (Å²) in [5, 5.41) is 11.9. The van der Waals surface area contributed by atoms with Crippen molar-refractivity contribution in [2.45, 2.75) is 43.7 Å². The summed E-state index contributed by atoms with van der Waals surface area (Å²) in [5.74, 6) is 0.405. The lowest BCUT2D eigenvalue weighted by molar-refractivity contribution is -0.132. The molecule has 3 fully saturated rings. The summed E-state index contributed by atoms with van der Waals surface area (Å²) in [7, 11) is 1.63. The molecule has 8 rings (SSSR count). The molecule has 1 saturated carbocycles. The van der Waals surface area contributed by atoms with E-state index in [-0.39, 0.29) is 36.3 Å². The van der Waals surface area contributed by atoms with Gasteiger partial charge in [0.1, 0.15) is 5.82 Å². The fourth-order valence-electron chi connectivity index (χ4n) is 7.98. The number of ether oxygens (including phenoxy) is 2. The van der Waals surface area contributed by atoms with Crippen molar-refractivity contribution in [3.63, 3.8) is 0 Å². The van der Waals surface area contributed by atoms with Crippen LogP contribution in [0.2, 0.25) is 0 Å². The minimum Gasteiger partial charge on any atom is -0.381 e. The van der Waals surface area contributed by atoms with Crippen molar-refractivity contribution in [2.75, 3.05) is 51.8 Å². The molecule has 1 aliphatic carbocycles. The van der Waals surface area contributed by atoms with Gasteiger partial charge in [0, 0.05) is 86.2 Å². The number of halogens is 1. The molecule has 3 atom stereocenters. The number of methoxy groups -OCH3 is 1. The van der Waals surface area contributed by atoms with Crippen LogP contribution in [0.15, 0.2) is 60.9 Å². The van der Waals surface area contributed by atoms with E-state index in [4.69, 9.17) is 9.47 Å². The number of piperidine rings is 1. The van der Waals surface area contributed by atoms with Crippen molar-refractivity contribution < 1.29 is 23.5 Å². The summed E-state index contributed by atoms with van der Waals surface area (Å²) in [6.45, 7) is 3.21. The highest BCUT2D eigenvalue weighted by atomic mass is 19.1. The molecule has 248 valence electrons. The molecule has 4 aromatic rings. The maximum atomic E-state index is 15.1. The Balaban J connectivity index is 0.906. The molecular weight excluding hydrogens is 613 g/mol. The summed E-state index contributed by atoms with van der Waals surface area (Å²) in [5.41, 5.74) is 4.02. The zero-order chi connectivity index (χ0) is 32.8. The predicted molar refractivity (Wildman–Crippen MR) is 177 cm³/mol. The third-order valence-corrected chi connectivity index (χ3v) is 10.6. The molecule has 2 aromatic heterocycles. The average Bonchev–Trinajstić information content (AvgIpc) is 3.36. The van der Waals surface area contributed by atoms with Crippen molar-refractivity contribution in [1.29, 1.82) is 0 Å². The van der Waals surface area contributed by atoms with Gasteiger partial charge in [0.2, 0.25) is 11.8 Å². The molecule has 2 saturated heterocycles. The maximum absolute atomic E-state index is 15.1. The quantitative estimate of drug-likeness (QED) is 0.287. The first-order valence-corrected chi connectivity index (χ1v) is 16.6. The number of nitrogens with zero attached hydrogens (tertiary/aromatic N) is 5. The predicted octanol–water partition coefficient (Wildman–Crippen LogP) is 4.40. The first kappa shape index (κ1) is 30.8. The van der Waals surface area contributed by atoms with Gasteiger partial charge in [0.15, 0.2) is 5.82 Å². The number of aromatic nitrogens is 4. The van der Waals surface area contributed by atoms with Gasteiger partial charge in [0.25, 0.3) is 0 Å². The number of anilines is 1. The van der Waals surface area contributed by atoms with Gasteiger partial charge in [-0.1, -0.05) is 18.2 Å². The lowest BCUT2D eigenvalue weighted by Crippen LogP contribution is -2.43. The normalized spacial score (nSPS) is 24.4. The Kier molecular flexibility index (Phi) is 8.02. The number of nitrogens with one attached hydrogen (secondary N) is 2. The molecule has 2 aromatic carbocycles. The largest absolute Gasteiger partial charge is 0.381 e. The smallest absolute Gasteiger partial charge is 0.237 e. The number of hydrogen-bond donors (Lipinski definition) is 2. The van der Waals surface area contributed by atoms with Gasteiger partial charge in [-0.3, -0.25) is 19.6 Å². The van der Waals surface area contributed by atoms with Crippen LogP contribution in [0.5, 0.6) is 0 Å². The second-order valence-electron chi connectivity index (χ2n) is 13.2. The third-order valence-electron chi connectivity index (χ3n) is 10.6. The Morgan fingerprint density at radius 1 is 1.12 bits per heavy atom. The highest BCUT2D eigenvalue weighted by molar-refractivity contribution is 6.01. The second-order valence-corrected chi connectivity index (χ2v) is 13.2. The van der Waals surface area contributed by atoms with E-state index < -0.39 is 5.41 Å². The van der Waals surface area contributed by atoms with Gasteiger partial charge >= 0.3 is 0 Å². The molecule has 3 aliphatic heterocycles. The second kappa shape index (κ2) is 12.5. The Bertz CT molecular complexity index is 1890. The minimum absolute atomic E-state index is 0.00800. The Hall–Kier alpha value is -4.52. The lowest BCUT2D eigenvalue weighted by Gasteiger charge is -2.29. The van der Waals surface area contributed by atoms with Crippen molar-refractivity contribution in [2.24, 2.45) is 5.41 Å².